The van der Waals surface area contributed by atoms with Crippen molar-refractivity contribution in [2.24, 2.45) is 0 Å². The topological polar surface area (TPSA) is 64.5 Å². The van der Waals surface area contributed by atoms with E-state index in [2.05, 4.69) is 358 Å². The Morgan fingerprint density at radius 1 is 0.176 bits per heavy atom. The first-order valence-corrected chi connectivity index (χ1v) is 34.9. The monoisotopic (exact) mass is 1300 g/mol. The van der Waals surface area contributed by atoms with Gasteiger partial charge in [0.1, 0.15) is 0 Å². The lowest BCUT2D eigenvalue weighted by Crippen LogP contribution is -2.30. The highest BCUT2D eigenvalue weighted by Crippen LogP contribution is 2.62. The van der Waals surface area contributed by atoms with Gasteiger partial charge in [0.15, 0.2) is 23.3 Å². The molecule has 2 aromatic heterocycles. The van der Waals surface area contributed by atoms with Crippen LogP contribution in [0.1, 0.15) is 72.3 Å². The van der Waals surface area contributed by atoms with E-state index in [1.807, 2.05) is 12.1 Å². The molecule has 0 fully saturated rings. The molecule has 20 rings (SSSR count). The molecular formula is C97H61N5. The van der Waals surface area contributed by atoms with Gasteiger partial charge in [-0.1, -0.05) is 328 Å². The Hall–Kier alpha value is -13.4. The van der Waals surface area contributed by atoms with Gasteiger partial charge in [0.05, 0.1) is 22.2 Å². The summed E-state index contributed by atoms with van der Waals surface area (Å²) in [6.07, 6.45) is 6.98. The Labute approximate surface area is 592 Å². The average molecular weight is 1300 g/mol. The van der Waals surface area contributed by atoms with Gasteiger partial charge in [-0.15, -0.1) is 0 Å². The second-order valence-electron chi connectivity index (χ2n) is 26.9. The van der Waals surface area contributed by atoms with Crippen LogP contribution in [0, 0.1) is 0 Å². The Morgan fingerprint density at radius 2 is 0.539 bits per heavy atom. The minimum Gasteiger partial charge on any atom is -0.228 e. The van der Waals surface area contributed by atoms with Crippen LogP contribution in [0.5, 0.6) is 0 Å². The van der Waals surface area contributed by atoms with E-state index in [4.69, 9.17) is 24.9 Å². The second-order valence-corrected chi connectivity index (χ2v) is 26.9. The third kappa shape index (κ3) is 9.28. The molecule has 2 heterocycles. The molecule has 0 saturated carbocycles. The van der Waals surface area contributed by atoms with Gasteiger partial charge in [-0.3, -0.25) is 0 Å². The van der Waals surface area contributed by atoms with E-state index in [1.165, 1.54) is 77.9 Å². The number of hydrogen-bond acceptors (Lipinski definition) is 5. The third-order valence-electron chi connectivity index (χ3n) is 21.4. The number of aromatic nitrogens is 5. The lowest BCUT2D eigenvalue weighted by molar-refractivity contribution is 0.766. The van der Waals surface area contributed by atoms with Crippen molar-refractivity contribution in [3.05, 3.63) is 424 Å². The molecule has 0 bridgehead atoms. The van der Waals surface area contributed by atoms with Crippen LogP contribution in [0.25, 0.3) is 136 Å². The molecule has 5 heteroatoms. The van der Waals surface area contributed by atoms with Gasteiger partial charge in [0, 0.05) is 33.4 Å². The molecule has 5 nitrogen and oxygen atoms in total. The summed E-state index contributed by atoms with van der Waals surface area (Å²) in [6.45, 7) is 0. The number of rotatable bonds is 9. The van der Waals surface area contributed by atoms with E-state index in [1.54, 1.807) is 0 Å². The van der Waals surface area contributed by atoms with Gasteiger partial charge in [0.2, 0.25) is 0 Å². The first kappa shape index (κ1) is 58.8. The Balaban J connectivity index is 0.717. The van der Waals surface area contributed by atoms with E-state index in [0.717, 1.165) is 89.3 Å². The first-order valence-electron chi connectivity index (χ1n) is 34.9. The van der Waals surface area contributed by atoms with Gasteiger partial charge >= 0.3 is 0 Å². The summed E-state index contributed by atoms with van der Waals surface area (Å²) in [5.41, 5.74) is 32.2. The summed E-state index contributed by atoms with van der Waals surface area (Å²) in [6, 6.07) is 128. The molecule has 4 aliphatic rings. The van der Waals surface area contributed by atoms with Crippen molar-refractivity contribution in [1.82, 2.24) is 24.9 Å². The van der Waals surface area contributed by atoms with E-state index in [9.17, 15) is 0 Å². The summed E-state index contributed by atoms with van der Waals surface area (Å²) in [5, 5.41) is 0. The highest BCUT2D eigenvalue weighted by Gasteiger charge is 2.51. The Kier molecular flexibility index (Phi) is 13.7. The lowest BCUT2D eigenvalue weighted by Gasteiger charge is -2.35. The van der Waals surface area contributed by atoms with Crippen LogP contribution in [-0.2, 0) is 10.8 Å². The molecule has 14 aromatic carbocycles. The van der Waals surface area contributed by atoms with E-state index in [0.29, 0.717) is 23.3 Å². The van der Waals surface area contributed by atoms with Crippen molar-refractivity contribution >= 4 is 23.8 Å². The molecule has 102 heavy (non-hydrogen) atoms. The standard InChI is InChI=1S/C97H61N5/c1-4-25-62(26-5-1)67-34-23-38-73(56-67)93-100-94(102-95(101-93)75-52-54-88-81(59-75)78-42-15-21-48-87(78)96(88)82-43-16-10-27-63(82)49-50-64-28-11-17-44-83(64)96)74-39-24-36-69(57-74)68-35-22-37-70(55-68)80-58-71-33-12-18-45-84(71)97(86-47-20-14-41-77(80)86)85-46-19-13-40-76(85)79-53-51-72(60-89(79)97)91-61-90(65-29-6-2-7-30-65)98-92(99-91)66-31-8-3-9-32-66/h1-61H. The molecule has 474 valence electrons. The van der Waals surface area contributed by atoms with E-state index in [-0.39, 0.29) is 0 Å². The fraction of sp³-hybridized carbons (Fsp3) is 0.0206. The second kappa shape index (κ2) is 23.7. The van der Waals surface area contributed by atoms with Crippen LogP contribution >= 0.6 is 0 Å². The molecule has 0 radical (unpaired) electrons. The number of fused-ring (bicyclic) bond motifs is 18. The van der Waals surface area contributed by atoms with Crippen LogP contribution in [-0.4, -0.2) is 24.9 Å². The van der Waals surface area contributed by atoms with Crippen LogP contribution in [0.2, 0.25) is 0 Å². The Morgan fingerprint density at radius 3 is 1.13 bits per heavy atom. The molecule has 0 aliphatic heterocycles. The highest BCUT2D eigenvalue weighted by atomic mass is 15.0. The maximum Gasteiger partial charge on any atom is 0.164 e. The highest BCUT2D eigenvalue weighted by molar-refractivity contribution is 6.01. The fourth-order valence-electron chi connectivity index (χ4n) is 16.9. The predicted octanol–water partition coefficient (Wildman–Crippen LogP) is 23.1. The van der Waals surface area contributed by atoms with Gasteiger partial charge < -0.3 is 0 Å². The zero-order valence-electron chi connectivity index (χ0n) is 55.5. The zero-order valence-corrected chi connectivity index (χ0v) is 55.5. The van der Waals surface area contributed by atoms with Crippen LogP contribution in [0.3, 0.4) is 0 Å². The normalized spacial score (nSPS) is 14.4. The van der Waals surface area contributed by atoms with Gasteiger partial charge in [-0.2, -0.15) is 0 Å². The molecule has 0 amide bonds. The zero-order chi connectivity index (χ0) is 67.3. The lowest BCUT2D eigenvalue weighted by atomic mass is 9.65. The van der Waals surface area contributed by atoms with E-state index >= 15 is 0 Å². The van der Waals surface area contributed by atoms with Crippen LogP contribution < -0.4 is 0 Å². The van der Waals surface area contributed by atoms with Crippen LogP contribution in [0.4, 0.5) is 0 Å². The van der Waals surface area contributed by atoms with Crippen molar-refractivity contribution in [1.29, 1.82) is 0 Å². The average Bonchev–Trinajstić information content (AvgIpc) is 1.52. The summed E-state index contributed by atoms with van der Waals surface area (Å²) in [4.78, 5) is 27.0. The maximum absolute atomic E-state index is 5.51. The van der Waals surface area contributed by atoms with Crippen LogP contribution in [0.15, 0.2) is 352 Å². The van der Waals surface area contributed by atoms with Gasteiger partial charge in [-0.25, -0.2) is 24.9 Å². The van der Waals surface area contributed by atoms with Crippen molar-refractivity contribution in [2.75, 3.05) is 0 Å². The SMILES string of the molecule is C1=Cc2ccccc2C2(c3ccccc31)c1ccccc1-c1cc(-c3nc(-c4cccc(-c5ccccc5)c4)nc(-c4cccc(-c5cccc(C6=Cc7ccccc7C7(c8ccccc86)c6ccccc6-c6ccc(-c8cc(-c9ccccc9)nc(-c9ccccc9)n8)cc67)c5)c4)n3)ccc12. The minimum atomic E-state index is -0.709. The fourth-order valence-corrected chi connectivity index (χ4v) is 16.9. The summed E-state index contributed by atoms with van der Waals surface area (Å²) in [7, 11) is 0. The Bertz CT molecular complexity index is 6040. The predicted molar refractivity (Wildman–Crippen MR) is 416 cm³/mol. The van der Waals surface area contributed by atoms with Gasteiger partial charge in [-0.05, 0) is 165 Å². The number of benzene rings is 14. The molecule has 0 saturated heterocycles. The molecule has 1 unspecified atom stereocenters. The molecular weight excluding hydrogens is 1240 g/mol. The largest absolute Gasteiger partial charge is 0.228 e. The molecule has 2 spiro atoms. The smallest absolute Gasteiger partial charge is 0.164 e. The minimum absolute atomic E-state index is 0.559. The third-order valence-corrected chi connectivity index (χ3v) is 21.4. The number of hydrogen-bond donors (Lipinski definition) is 0. The summed E-state index contributed by atoms with van der Waals surface area (Å²) < 4.78 is 0. The van der Waals surface area contributed by atoms with Gasteiger partial charge in [0.25, 0.3) is 0 Å². The molecule has 0 N–H and O–H groups in total. The van der Waals surface area contributed by atoms with Crippen molar-refractivity contribution < 1.29 is 0 Å². The summed E-state index contributed by atoms with van der Waals surface area (Å²) in [5.74, 6) is 2.47. The van der Waals surface area contributed by atoms with E-state index < -0.39 is 10.8 Å². The molecule has 1 atom stereocenters. The number of nitrogens with zero attached hydrogens (tertiary/aromatic N) is 5. The van der Waals surface area contributed by atoms with Crippen molar-refractivity contribution in [2.45, 2.75) is 10.8 Å². The van der Waals surface area contributed by atoms with Crippen molar-refractivity contribution in [3.8, 4) is 113 Å². The summed E-state index contributed by atoms with van der Waals surface area (Å²) >= 11 is 0. The first-order chi connectivity index (χ1) is 50.5. The quantitative estimate of drug-likeness (QED) is 0.144. The molecule has 16 aromatic rings. The maximum atomic E-state index is 5.51. The molecule has 4 aliphatic carbocycles. The van der Waals surface area contributed by atoms with Crippen molar-refractivity contribution in [3.63, 3.8) is 0 Å².